The van der Waals surface area contributed by atoms with Crippen LogP contribution in [0.4, 0.5) is 0 Å². The first-order valence-electron chi connectivity index (χ1n) is 6.84. The molecule has 2 unspecified atom stereocenters. The van der Waals surface area contributed by atoms with Gasteiger partial charge in [0.1, 0.15) is 5.54 Å². The van der Waals surface area contributed by atoms with Crippen molar-refractivity contribution in [1.82, 2.24) is 4.90 Å². The Morgan fingerprint density at radius 2 is 1.89 bits per heavy atom. The van der Waals surface area contributed by atoms with Crippen LogP contribution < -0.4 is 5.73 Å². The van der Waals surface area contributed by atoms with Gasteiger partial charge in [0.05, 0.1) is 13.7 Å². The fourth-order valence-corrected chi connectivity index (χ4v) is 2.23. The van der Waals surface area contributed by atoms with E-state index in [4.69, 9.17) is 15.2 Å². The second-order valence-corrected chi connectivity index (χ2v) is 5.84. The molecule has 19 heavy (non-hydrogen) atoms. The van der Waals surface area contributed by atoms with Crippen molar-refractivity contribution in [3.63, 3.8) is 0 Å². The van der Waals surface area contributed by atoms with Gasteiger partial charge in [0, 0.05) is 26.2 Å². The number of esters is 1. The van der Waals surface area contributed by atoms with Gasteiger partial charge in [-0.3, -0.25) is 9.69 Å². The Labute approximate surface area is 117 Å². The van der Waals surface area contributed by atoms with E-state index >= 15 is 0 Å². The zero-order chi connectivity index (χ0) is 15.1. The summed E-state index contributed by atoms with van der Waals surface area (Å²) in [4.78, 5) is 13.9. The predicted octanol–water partition coefficient (Wildman–Crippen LogP) is 1.26. The quantitative estimate of drug-likeness (QED) is 0.641. The normalized spacial score (nSPS) is 16.5. The third-order valence-electron chi connectivity index (χ3n) is 3.18. The Hall–Kier alpha value is -0.650. The molecule has 0 aliphatic heterocycles. The van der Waals surface area contributed by atoms with Gasteiger partial charge in [0.25, 0.3) is 0 Å². The van der Waals surface area contributed by atoms with Crippen LogP contribution in [0.25, 0.3) is 0 Å². The summed E-state index contributed by atoms with van der Waals surface area (Å²) in [6.07, 6.45) is 0.566. The predicted molar refractivity (Wildman–Crippen MR) is 77.0 cm³/mol. The van der Waals surface area contributed by atoms with Crippen LogP contribution >= 0.6 is 0 Å². The number of rotatable bonds is 9. The van der Waals surface area contributed by atoms with E-state index < -0.39 is 5.54 Å². The standard InChI is InChI=1S/C14H30N2O3/c1-11(2)10-16(7-8-18-5)12(3)9-14(4,15)13(17)19-6/h11-12H,7-10,15H2,1-6H3. The van der Waals surface area contributed by atoms with Gasteiger partial charge >= 0.3 is 5.97 Å². The molecule has 0 fully saturated rings. The summed E-state index contributed by atoms with van der Waals surface area (Å²) < 4.78 is 9.89. The van der Waals surface area contributed by atoms with Crippen molar-refractivity contribution >= 4 is 5.97 Å². The van der Waals surface area contributed by atoms with Gasteiger partial charge in [-0.1, -0.05) is 13.8 Å². The number of nitrogens with zero attached hydrogens (tertiary/aromatic N) is 1. The number of carbonyl (C=O) groups is 1. The van der Waals surface area contributed by atoms with Crippen molar-refractivity contribution in [2.24, 2.45) is 11.7 Å². The molecule has 2 atom stereocenters. The fraction of sp³-hybridized carbons (Fsp3) is 0.929. The van der Waals surface area contributed by atoms with Crippen LogP contribution in [-0.2, 0) is 14.3 Å². The van der Waals surface area contributed by atoms with Crippen molar-refractivity contribution in [2.75, 3.05) is 33.9 Å². The third kappa shape index (κ3) is 6.89. The summed E-state index contributed by atoms with van der Waals surface area (Å²) in [6.45, 7) is 10.6. The van der Waals surface area contributed by atoms with E-state index in [0.29, 0.717) is 18.9 Å². The van der Waals surface area contributed by atoms with E-state index in [0.717, 1.165) is 13.1 Å². The van der Waals surface area contributed by atoms with Crippen LogP contribution in [0.5, 0.6) is 0 Å². The summed E-state index contributed by atoms with van der Waals surface area (Å²) >= 11 is 0. The van der Waals surface area contributed by atoms with Crippen molar-refractivity contribution in [1.29, 1.82) is 0 Å². The SMILES string of the molecule is COCCN(CC(C)C)C(C)CC(C)(N)C(=O)OC. The molecule has 0 aliphatic rings. The summed E-state index contributed by atoms with van der Waals surface area (Å²) in [5, 5.41) is 0. The van der Waals surface area contributed by atoms with Gasteiger partial charge < -0.3 is 15.2 Å². The van der Waals surface area contributed by atoms with Crippen LogP contribution in [0.1, 0.15) is 34.1 Å². The van der Waals surface area contributed by atoms with Gasteiger partial charge in [0.2, 0.25) is 0 Å². The summed E-state index contributed by atoms with van der Waals surface area (Å²) in [7, 11) is 3.06. The lowest BCUT2D eigenvalue weighted by molar-refractivity contribution is -0.147. The highest BCUT2D eigenvalue weighted by Gasteiger charge is 2.33. The molecular formula is C14H30N2O3. The van der Waals surface area contributed by atoms with Gasteiger partial charge in [-0.25, -0.2) is 0 Å². The monoisotopic (exact) mass is 274 g/mol. The topological polar surface area (TPSA) is 64.8 Å². The van der Waals surface area contributed by atoms with Crippen LogP contribution in [0.3, 0.4) is 0 Å². The molecule has 0 rings (SSSR count). The van der Waals surface area contributed by atoms with Gasteiger partial charge in [-0.2, -0.15) is 0 Å². The average molecular weight is 274 g/mol. The second-order valence-electron chi connectivity index (χ2n) is 5.84. The number of hydrogen-bond acceptors (Lipinski definition) is 5. The lowest BCUT2D eigenvalue weighted by Gasteiger charge is -2.34. The zero-order valence-corrected chi connectivity index (χ0v) is 13.2. The maximum absolute atomic E-state index is 11.6. The fourth-order valence-electron chi connectivity index (χ4n) is 2.23. The number of carbonyl (C=O) groups excluding carboxylic acids is 1. The molecule has 0 saturated carbocycles. The number of methoxy groups -OCH3 is 2. The average Bonchev–Trinajstić information content (AvgIpc) is 2.32. The molecule has 0 saturated heterocycles. The van der Waals surface area contributed by atoms with E-state index in [1.807, 2.05) is 0 Å². The van der Waals surface area contributed by atoms with E-state index in [1.165, 1.54) is 7.11 Å². The highest BCUT2D eigenvalue weighted by molar-refractivity contribution is 5.79. The number of ether oxygens (including phenoxy) is 2. The van der Waals surface area contributed by atoms with Gasteiger partial charge in [-0.05, 0) is 26.2 Å². The Morgan fingerprint density at radius 1 is 1.32 bits per heavy atom. The molecule has 0 aliphatic carbocycles. The molecular weight excluding hydrogens is 244 g/mol. The minimum absolute atomic E-state index is 0.201. The highest BCUT2D eigenvalue weighted by atomic mass is 16.5. The lowest BCUT2D eigenvalue weighted by atomic mass is 9.93. The molecule has 0 bridgehead atoms. The van der Waals surface area contributed by atoms with E-state index in [2.05, 4.69) is 25.7 Å². The van der Waals surface area contributed by atoms with Gasteiger partial charge in [0.15, 0.2) is 0 Å². The molecule has 2 N–H and O–H groups in total. The molecule has 0 radical (unpaired) electrons. The second kappa shape index (κ2) is 8.51. The van der Waals surface area contributed by atoms with Crippen molar-refractivity contribution in [2.45, 2.75) is 45.7 Å². The largest absolute Gasteiger partial charge is 0.468 e. The maximum Gasteiger partial charge on any atom is 0.325 e. The van der Waals surface area contributed by atoms with Crippen molar-refractivity contribution in [3.05, 3.63) is 0 Å². The molecule has 0 aromatic rings. The van der Waals surface area contributed by atoms with Crippen LogP contribution in [0.2, 0.25) is 0 Å². The first-order valence-corrected chi connectivity index (χ1v) is 6.84. The first kappa shape index (κ1) is 18.4. The molecule has 5 heteroatoms. The summed E-state index contributed by atoms with van der Waals surface area (Å²) in [5.74, 6) is 0.192. The third-order valence-corrected chi connectivity index (χ3v) is 3.18. The molecule has 0 aromatic carbocycles. The molecule has 0 heterocycles. The van der Waals surface area contributed by atoms with E-state index in [9.17, 15) is 4.79 Å². The molecule has 0 aromatic heterocycles. The maximum atomic E-state index is 11.6. The molecule has 0 amide bonds. The minimum atomic E-state index is -0.948. The Balaban J connectivity index is 4.60. The number of hydrogen-bond donors (Lipinski definition) is 1. The summed E-state index contributed by atoms with van der Waals surface area (Å²) in [5.41, 5.74) is 5.09. The molecule has 114 valence electrons. The smallest absolute Gasteiger partial charge is 0.325 e. The molecule has 0 spiro atoms. The minimum Gasteiger partial charge on any atom is -0.468 e. The van der Waals surface area contributed by atoms with Gasteiger partial charge in [-0.15, -0.1) is 0 Å². The molecule has 5 nitrogen and oxygen atoms in total. The Kier molecular flexibility index (Phi) is 8.22. The zero-order valence-electron chi connectivity index (χ0n) is 13.2. The van der Waals surface area contributed by atoms with Crippen LogP contribution in [0.15, 0.2) is 0 Å². The Bertz CT molecular complexity index is 267. The van der Waals surface area contributed by atoms with Crippen molar-refractivity contribution in [3.8, 4) is 0 Å². The number of nitrogens with two attached hydrogens (primary N) is 1. The van der Waals surface area contributed by atoms with Crippen molar-refractivity contribution < 1.29 is 14.3 Å². The van der Waals surface area contributed by atoms with E-state index in [1.54, 1.807) is 14.0 Å². The first-order chi connectivity index (χ1) is 8.74. The highest BCUT2D eigenvalue weighted by Crippen LogP contribution is 2.16. The summed E-state index contributed by atoms with van der Waals surface area (Å²) in [6, 6.07) is 0.201. The van der Waals surface area contributed by atoms with Crippen LogP contribution in [-0.4, -0.2) is 56.4 Å². The van der Waals surface area contributed by atoms with E-state index in [-0.39, 0.29) is 12.0 Å². The van der Waals surface area contributed by atoms with Crippen LogP contribution in [0, 0.1) is 5.92 Å². The lowest BCUT2D eigenvalue weighted by Crippen LogP contribution is -2.51. The Morgan fingerprint density at radius 3 is 2.32 bits per heavy atom.